The van der Waals surface area contributed by atoms with E-state index in [9.17, 15) is 19.4 Å². The molecule has 0 saturated carbocycles. The van der Waals surface area contributed by atoms with Crippen LogP contribution in [-0.2, 0) is 18.4 Å². The van der Waals surface area contributed by atoms with Gasteiger partial charge in [-0.2, -0.15) is 0 Å². The quantitative estimate of drug-likeness (QED) is 0.0243. The molecule has 0 bridgehead atoms. The van der Waals surface area contributed by atoms with Crippen molar-refractivity contribution in [2.24, 2.45) is 0 Å². The molecular formula is C79H142N2O6P+. The van der Waals surface area contributed by atoms with Crippen molar-refractivity contribution in [1.29, 1.82) is 0 Å². The van der Waals surface area contributed by atoms with E-state index in [1.807, 2.05) is 27.2 Å². The molecule has 8 nitrogen and oxygen atoms in total. The normalized spacial score (nSPS) is 14.3. The van der Waals surface area contributed by atoms with Gasteiger partial charge in [0.25, 0.3) is 0 Å². The number of nitrogens with zero attached hydrogens (tertiary/aromatic N) is 1. The number of unbranched alkanes of at least 4 members (excludes halogenated alkanes) is 36. The van der Waals surface area contributed by atoms with E-state index in [0.29, 0.717) is 17.4 Å². The summed E-state index contributed by atoms with van der Waals surface area (Å²) >= 11 is 0. The van der Waals surface area contributed by atoms with Crippen LogP contribution in [0.2, 0.25) is 0 Å². The summed E-state index contributed by atoms with van der Waals surface area (Å²) in [5, 5.41) is 14.0. The first-order valence-electron chi connectivity index (χ1n) is 36.9. The summed E-state index contributed by atoms with van der Waals surface area (Å²) in [6, 6.07) is -0.874. The average Bonchev–Trinajstić information content (AvgIpc) is 3.70. The number of phosphoric ester groups is 1. The number of quaternary nitrogens is 1. The first-order valence-corrected chi connectivity index (χ1v) is 38.4. The largest absolute Gasteiger partial charge is 0.472 e. The third-order valence-corrected chi connectivity index (χ3v) is 17.1. The predicted octanol–water partition coefficient (Wildman–Crippen LogP) is 24.0. The first-order chi connectivity index (χ1) is 43.0. The maximum Gasteiger partial charge on any atom is 0.472 e. The summed E-state index contributed by atoms with van der Waals surface area (Å²) in [6.45, 7) is 4.71. The molecule has 88 heavy (non-hydrogen) atoms. The molecule has 0 saturated heterocycles. The number of likely N-dealkylation sites (N-methyl/N-ethyl adjacent to an activating group) is 1. The fraction of sp³-hybridized carbons (Fsp3) is 0.734. The highest BCUT2D eigenvalue weighted by atomic mass is 31.2. The lowest BCUT2D eigenvalue weighted by Crippen LogP contribution is -2.45. The van der Waals surface area contributed by atoms with E-state index in [2.05, 4.69) is 129 Å². The fourth-order valence-corrected chi connectivity index (χ4v) is 11.2. The number of carbonyl (C=O) groups is 1. The van der Waals surface area contributed by atoms with E-state index >= 15 is 0 Å². The Morgan fingerprint density at radius 1 is 0.398 bits per heavy atom. The number of hydrogen-bond acceptors (Lipinski definition) is 5. The van der Waals surface area contributed by atoms with Crippen molar-refractivity contribution in [3.05, 3.63) is 122 Å². The number of aliphatic hydroxyl groups excluding tert-OH is 1. The van der Waals surface area contributed by atoms with Crippen LogP contribution < -0.4 is 5.32 Å². The number of aliphatic hydroxyl groups is 1. The molecule has 3 N–H and O–H groups in total. The van der Waals surface area contributed by atoms with Gasteiger partial charge in [0.2, 0.25) is 5.91 Å². The number of allylic oxidation sites excluding steroid dienone is 19. The summed E-state index contributed by atoms with van der Waals surface area (Å²) in [6.07, 6.45) is 102. The highest BCUT2D eigenvalue weighted by Crippen LogP contribution is 2.43. The van der Waals surface area contributed by atoms with Crippen molar-refractivity contribution in [2.75, 3.05) is 40.9 Å². The molecule has 0 fully saturated rings. The van der Waals surface area contributed by atoms with Gasteiger partial charge in [-0.15, -0.1) is 0 Å². The zero-order valence-corrected chi connectivity index (χ0v) is 59.1. The Morgan fingerprint density at radius 2 is 0.693 bits per heavy atom. The number of hydrogen-bond donors (Lipinski definition) is 3. The standard InChI is InChI=1S/C79H141N2O6P/c1-6-8-10-12-14-16-18-20-22-24-26-28-30-32-34-36-37-38-39-40-41-42-43-45-47-49-51-53-55-57-59-61-63-65-67-69-71-73-79(83)80-77(76-87-88(84,85)86-75-74-81(3,4)5)78(82)72-70-68-66-64-62-60-58-56-54-52-50-48-46-44-35-33-31-29-27-25-23-21-19-17-15-13-11-9-7-2/h8,10,14,16,20,22,26,28,32,34,37-38,40-41,43,45,62,64,70,72,77-78,82H,6-7,9,11-13,15,17-19,21,23-25,27,29-31,33,35-36,39,42,44,46-61,63,65-69,71,73-76H2,1-5H3,(H-,80,83,84,85)/p+1/b10-8-,16-14-,22-20-,28-26-,34-32-,38-37-,41-40-,45-43-,64-62+,72-70+. The van der Waals surface area contributed by atoms with Crippen LogP contribution in [0.4, 0.5) is 0 Å². The van der Waals surface area contributed by atoms with Crippen molar-refractivity contribution in [3.63, 3.8) is 0 Å². The summed E-state index contributed by atoms with van der Waals surface area (Å²) in [5.74, 6) is -0.190. The molecule has 3 unspecified atom stereocenters. The van der Waals surface area contributed by atoms with E-state index in [-0.39, 0.29) is 19.1 Å². The van der Waals surface area contributed by atoms with Gasteiger partial charge in [-0.05, 0) is 96.3 Å². The van der Waals surface area contributed by atoms with Crippen LogP contribution in [0, 0.1) is 0 Å². The number of amides is 1. The third-order valence-electron chi connectivity index (χ3n) is 16.2. The first kappa shape index (κ1) is 84.9. The summed E-state index contributed by atoms with van der Waals surface area (Å²) in [4.78, 5) is 23.4. The van der Waals surface area contributed by atoms with Crippen LogP contribution in [0.25, 0.3) is 0 Å². The van der Waals surface area contributed by atoms with E-state index < -0.39 is 20.0 Å². The maximum atomic E-state index is 13.1. The van der Waals surface area contributed by atoms with Crippen LogP contribution in [-0.4, -0.2) is 73.4 Å². The Balaban J connectivity index is 4.11. The molecule has 0 spiro atoms. The minimum absolute atomic E-state index is 0.0513. The smallest absolute Gasteiger partial charge is 0.387 e. The van der Waals surface area contributed by atoms with E-state index in [1.54, 1.807) is 6.08 Å². The van der Waals surface area contributed by atoms with Gasteiger partial charge < -0.3 is 19.8 Å². The fourth-order valence-electron chi connectivity index (χ4n) is 10.5. The summed E-state index contributed by atoms with van der Waals surface area (Å²) in [5.41, 5.74) is 0. The van der Waals surface area contributed by atoms with E-state index in [0.717, 1.165) is 89.9 Å². The molecule has 3 atom stereocenters. The van der Waals surface area contributed by atoms with Gasteiger partial charge in [0, 0.05) is 6.42 Å². The number of nitrogens with one attached hydrogen (secondary N) is 1. The summed E-state index contributed by atoms with van der Waals surface area (Å²) < 4.78 is 23.8. The molecule has 508 valence electrons. The molecule has 0 aromatic heterocycles. The van der Waals surface area contributed by atoms with Gasteiger partial charge in [0.05, 0.1) is 39.9 Å². The second-order valence-electron chi connectivity index (χ2n) is 25.9. The number of phosphoric acid groups is 1. The van der Waals surface area contributed by atoms with Crippen LogP contribution >= 0.6 is 7.82 Å². The molecule has 0 aliphatic heterocycles. The van der Waals surface area contributed by atoms with Gasteiger partial charge >= 0.3 is 7.82 Å². The Morgan fingerprint density at radius 3 is 1.05 bits per heavy atom. The van der Waals surface area contributed by atoms with E-state index in [4.69, 9.17) is 9.05 Å². The van der Waals surface area contributed by atoms with Crippen molar-refractivity contribution >= 4 is 13.7 Å². The molecule has 0 heterocycles. The molecule has 0 aliphatic rings. The lowest BCUT2D eigenvalue weighted by molar-refractivity contribution is -0.870. The molecule has 1 amide bonds. The monoisotopic (exact) mass is 1250 g/mol. The van der Waals surface area contributed by atoms with E-state index in [1.165, 1.54) is 212 Å². The molecule has 0 aliphatic carbocycles. The van der Waals surface area contributed by atoms with Crippen molar-refractivity contribution in [2.45, 2.75) is 334 Å². The Labute approximate surface area is 545 Å². The zero-order chi connectivity index (χ0) is 64.1. The average molecular weight is 1250 g/mol. The molecule has 0 aromatic rings. The van der Waals surface area contributed by atoms with Gasteiger partial charge in [0.1, 0.15) is 13.2 Å². The van der Waals surface area contributed by atoms with Crippen LogP contribution in [0.5, 0.6) is 0 Å². The van der Waals surface area contributed by atoms with Crippen molar-refractivity contribution in [1.82, 2.24) is 5.32 Å². The topological polar surface area (TPSA) is 105 Å². The lowest BCUT2D eigenvalue weighted by atomic mass is 10.0. The lowest BCUT2D eigenvalue weighted by Gasteiger charge is -2.25. The minimum Gasteiger partial charge on any atom is -0.387 e. The van der Waals surface area contributed by atoms with Crippen LogP contribution in [0.3, 0.4) is 0 Å². The SMILES string of the molecule is CC/C=C\C/C=C\C/C=C\C/C=C\C/C=C\C/C=C\C/C=C\C/C=C\CCCCCCCCCCCCCCC(=O)NC(COP(=O)(O)OCC[N+](C)(C)C)C(O)/C=C/CC/C=C/CCCCCCCCCCCCCCCCCCCCCCCCC. The molecule has 0 radical (unpaired) electrons. The second kappa shape index (κ2) is 68.3. The Kier molecular flexibility index (Phi) is 65.9. The van der Waals surface area contributed by atoms with Crippen molar-refractivity contribution < 1.29 is 32.9 Å². The van der Waals surface area contributed by atoms with Gasteiger partial charge in [-0.1, -0.05) is 341 Å². The van der Waals surface area contributed by atoms with Crippen molar-refractivity contribution in [3.8, 4) is 0 Å². The second-order valence-corrected chi connectivity index (χ2v) is 27.4. The summed E-state index contributed by atoms with van der Waals surface area (Å²) in [7, 11) is 1.55. The number of carbonyl (C=O) groups excluding carboxylic acids is 1. The van der Waals surface area contributed by atoms with Gasteiger partial charge in [-0.25, -0.2) is 4.57 Å². The highest BCUT2D eigenvalue weighted by molar-refractivity contribution is 7.47. The van der Waals surface area contributed by atoms with Gasteiger partial charge in [0.15, 0.2) is 0 Å². The third kappa shape index (κ3) is 70.4. The zero-order valence-electron chi connectivity index (χ0n) is 58.2. The molecular weight excluding hydrogens is 1100 g/mol. The predicted molar refractivity (Wildman–Crippen MR) is 387 cm³/mol. The highest BCUT2D eigenvalue weighted by Gasteiger charge is 2.28. The van der Waals surface area contributed by atoms with Crippen LogP contribution in [0.1, 0.15) is 322 Å². The Bertz CT molecular complexity index is 1850. The number of rotatable bonds is 67. The minimum atomic E-state index is -4.37. The van der Waals surface area contributed by atoms with Crippen LogP contribution in [0.15, 0.2) is 122 Å². The molecule has 0 aromatic carbocycles. The maximum absolute atomic E-state index is 13.1. The Hall–Kier alpha value is -3.10. The molecule has 9 heteroatoms. The molecule has 0 rings (SSSR count). The van der Waals surface area contributed by atoms with Gasteiger partial charge in [-0.3, -0.25) is 13.8 Å².